The quantitative estimate of drug-likeness (QED) is 0.330. The molecule has 0 aliphatic heterocycles. The van der Waals surface area contributed by atoms with Crippen LogP contribution in [0.5, 0.6) is 0 Å². The molecule has 3 aromatic carbocycles. The highest BCUT2D eigenvalue weighted by atomic mass is 35.5. The molecule has 5 rings (SSSR count). The van der Waals surface area contributed by atoms with Crippen molar-refractivity contribution in [2.24, 2.45) is 0 Å². The summed E-state index contributed by atoms with van der Waals surface area (Å²) in [6.07, 6.45) is 1.85. The van der Waals surface area contributed by atoms with Gasteiger partial charge in [-0.05, 0) is 54.8 Å². The van der Waals surface area contributed by atoms with Crippen LogP contribution in [0.25, 0.3) is 28.0 Å². The second-order valence-electron chi connectivity index (χ2n) is 7.26. The lowest BCUT2D eigenvalue weighted by molar-refractivity contribution is 0.877. The number of hydrogen-bond donors (Lipinski definition) is 0. The van der Waals surface area contributed by atoms with Gasteiger partial charge in [0.25, 0.3) is 0 Å². The molecule has 2 aromatic heterocycles. The first kappa shape index (κ1) is 18.6. The number of para-hydroxylation sites is 1. The van der Waals surface area contributed by atoms with Crippen LogP contribution >= 0.6 is 11.6 Å². The molecule has 4 heteroatoms. The van der Waals surface area contributed by atoms with Gasteiger partial charge in [-0.25, -0.2) is 9.67 Å². The molecule has 3 nitrogen and oxygen atoms in total. The first-order chi connectivity index (χ1) is 14.8. The fourth-order valence-electron chi connectivity index (χ4n) is 3.66. The van der Waals surface area contributed by atoms with Gasteiger partial charge in [0.2, 0.25) is 0 Å². The number of fused-ring (bicyclic) bond motifs is 1. The minimum Gasteiger partial charge on any atom is -0.233 e. The van der Waals surface area contributed by atoms with Crippen molar-refractivity contribution in [3.63, 3.8) is 0 Å². The molecule has 146 valence electrons. The average molecular weight is 410 g/mol. The van der Waals surface area contributed by atoms with Crippen LogP contribution in [0, 0.1) is 0 Å². The van der Waals surface area contributed by atoms with E-state index in [1.807, 2.05) is 53.2 Å². The van der Waals surface area contributed by atoms with Crippen LogP contribution in [-0.4, -0.2) is 14.8 Å². The fourth-order valence-corrected chi connectivity index (χ4v) is 3.79. The second-order valence-corrected chi connectivity index (χ2v) is 7.70. The smallest absolute Gasteiger partial charge is 0.163 e. The van der Waals surface area contributed by atoms with Crippen molar-refractivity contribution in [3.8, 4) is 16.9 Å². The highest BCUT2D eigenvalue weighted by Gasteiger charge is 2.15. The van der Waals surface area contributed by atoms with Gasteiger partial charge in [0.05, 0.1) is 5.69 Å². The van der Waals surface area contributed by atoms with Crippen molar-refractivity contribution in [1.82, 2.24) is 14.8 Å². The number of rotatable bonds is 5. The van der Waals surface area contributed by atoms with Crippen LogP contribution in [-0.2, 0) is 12.8 Å². The number of halogens is 1. The van der Waals surface area contributed by atoms with Gasteiger partial charge in [-0.2, -0.15) is 5.10 Å². The van der Waals surface area contributed by atoms with Gasteiger partial charge < -0.3 is 0 Å². The van der Waals surface area contributed by atoms with Crippen LogP contribution in [0.3, 0.4) is 0 Å². The molecule has 0 saturated heterocycles. The minimum absolute atomic E-state index is 0.715. The molecule has 0 atom stereocenters. The monoisotopic (exact) mass is 409 g/mol. The molecule has 0 N–H and O–H groups in total. The molecule has 0 aliphatic carbocycles. The molecule has 5 aromatic rings. The van der Waals surface area contributed by atoms with Crippen molar-refractivity contribution >= 4 is 22.6 Å². The zero-order chi connectivity index (χ0) is 20.3. The van der Waals surface area contributed by atoms with E-state index in [0.717, 1.165) is 46.5 Å². The maximum Gasteiger partial charge on any atom is 0.163 e. The first-order valence-corrected chi connectivity index (χ1v) is 10.4. The Hall–Kier alpha value is -3.43. The topological polar surface area (TPSA) is 30.7 Å². The molecule has 0 aliphatic rings. The molecule has 0 radical (unpaired) electrons. The number of aromatic nitrogens is 3. The summed E-state index contributed by atoms with van der Waals surface area (Å²) in [5.74, 6) is 0. The van der Waals surface area contributed by atoms with Gasteiger partial charge in [0.1, 0.15) is 5.69 Å². The third-order valence-corrected chi connectivity index (χ3v) is 5.47. The number of pyridine rings is 1. The molecular weight excluding hydrogens is 390 g/mol. The summed E-state index contributed by atoms with van der Waals surface area (Å²) in [7, 11) is 0. The average Bonchev–Trinajstić information content (AvgIpc) is 3.18. The fraction of sp³-hybridized carbons (Fsp3) is 0.0769. The maximum absolute atomic E-state index is 6.09. The van der Waals surface area contributed by atoms with E-state index in [2.05, 4.69) is 48.5 Å². The van der Waals surface area contributed by atoms with Crippen LogP contribution in [0.1, 0.15) is 11.3 Å². The summed E-state index contributed by atoms with van der Waals surface area (Å²) in [4.78, 5) is 5.00. The maximum atomic E-state index is 6.09. The predicted octanol–water partition coefficient (Wildman–Crippen LogP) is 6.53. The van der Waals surface area contributed by atoms with E-state index in [4.69, 9.17) is 21.7 Å². The van der Waals surface area contributed by atoms with Gasteiger partial charge in [-0.1, -0.05) is 72.3 Å². The third kappa shape index (κ3) is 3.72. The van der Waals surface area contributed by atoms with E-state index in [1.165, 1.54) is 5.56 Å². The lowest BCUT2D eigenvalue weighted by Crippen LogP contribution is -2.00. The Morgan fingerprint density at radius 3 is 2.13 bits per heavy atom. The SMILES string of the molecule is Clc1ccc(-c2nn(-c3ccccc3)c3nc(CCc4ccccc4)ccc23)cc1. The number of benzene rings is 3. The van der Waals surface area contributed by atoms with E-state index in [9.17, 15) is 0 Å². The van der Waals surface area contributed by atoms with Crippen LogP contribution in [0.4, 0.5) is 0 Å². The zero-order valence-electron chi connectivity index (χ0n) is 16.4. The summed E-state index contributed by atoms with van der Waals surface area (Å²) < 4.78 is 1.94. The molecule has 0 fully saturated rings. The molecule has 0 unspecified atom stereocenters. The molecule has 2 heterocycles. The Morgan fingerprint density at radius 2 is 1.40 bits per heavy atom. The van der Waals surface area contributed by atoms with Crippen molar-refractivity contribution in [1.29, 1.82) is 0 Å². The summed E-state index contributed by atoms with van der Waals surface area (Å²) in [5.41, 5.74) is 6.18. The lowest BCUT2D eigenvalue weighted by atomic mass is 10.1. The van der Waals surface area contributed by atoms with E-state index >= 15 is 0 Å². The number of hydrogen-bond acceptors (Lipinski definition) is 2. The Kier molecular flexibility index (Phi) is 5.04. The third-order valence-electron chi connectivity index (χ3n) is 5.22. The summed E-state index contributed by atoms with van der Waals surface area (Å²) >= 11 is 6.09. The molecular formula is C26H20ClN3. The van der Waals surface area contributed by atoms with E-state index in [0.29, 0.717) is 5.02 Å². The van der Waals surface area contributed by atoms with E-state index in [-0.39, 0.29) is 0 Å². The Bertz CT molecular complexity index is 1280. The summed E-state index contributed by atoms with van der Waals surface area (Å²) in [6.45, 7) is 0. The first-order valence-electron chi connectivity index (χ1n) is 10.0. The normalized spacial score (nSPS) is 11.1. The van der Waals surface area contributed by atoms with Crippen LogP contribution < -0.4 is 0 Å². The van der Waals surface area contributed by atoms with E-state index in [1.54, 1.807) is 0 Å². The summed E-state index contributed by atoms with van der Waals surface area (Å²) in [5, 5.41) is 6.68. The molecule has 0 saturated carbocycles. The summed E-state index contributed by atoms with van der Waals surface area (Å²) in [6, 6.07) is 32.7. The standard InChI is InChI=1S/C26H20ClN3/c27-21-14-12-20(13-15-21)25-24-18-17-22(16-11-19-7-3-1-4-8-19)28-26(24)30(29-25)23-9-5-2-6-10-23/h1-10,12-15,17-18H,11,16H2. The van der Waals surface area contributed by atoms with Gasteiger partial charge in [-0.3, -0.25) is 0 Å². The largest absolute Gasteiger partial charge is 0.233 e. The zero-order valence-corrected chi connectivity index (χ0v) is 17.1. The molecule has 0 amide bonds. The van der Waals surface area contributed by atoms with Gasteiger partial charge in [0.15, 0.2) is 5.65 Å². The molecule has 30 heavy (non-hydrogen) atoms. The van der Waals surface area contributed by atoms with Crippen molar-refractivity contribution < 1.29 is 0 Å². The van der Waals surface area contributed by atoms with Crippen molar-refractivity contribution in [2.45, 2.75) is 12.8 Å². The van der Waals surface area contributed by atoms with Crippen LogP contribution in [0.2, 0.25) is 5.02 Å². The highest BCUT2D eigenvalue weighted by Crippen LogP contribution is 2.30. The Morgan fingerprint density at radius 1 is 0.700 bits per heavy atom. The highest BCUT2D eigenvalue weighted by molar-refractivity contribution is 6.30. The van der Waals surface area contributed by atoms with Crippen molar-refractivity contribution in [3.05, 3.63) is 113 Å². The second kappa shape index (κ2) is 8.13. The molecule has 0 bridgehead atoms. The van der Waals surface area contributed by atoms with Gasteiger partial charge in [0, 0.05) is 21.7 Å². The molecule has 0 spiro atoms. The van der Waals surface area contributed by atoms with Crippen molar-refractivity contribution in [2.75, 3.05) is 0 Å². The van der Waals surface area contributed by atoms with E-state index < -0.39 is 0 Å². The lowest BCUT2D eigenvalue weighted by Gasteiger charge is -2.05. The Labute approximate surface area is 180 Å². The van der Waals surface area contributed by atoms with Gasteiger partial charge in [-0.15, -0.1) is 0 Å². The van der Waals surface area contributed by atoms with Crippen LogP contribution in [0.15, 0.2) is 97.1 Å². The number of nitrogens with zero attached hydrogens (tertiary/aromatic N) is 3. The van der Waals surface area contributed by atoms with Gasteiger partial charge >= 0.3 is 0 Å². The minimum atomic E-state index is 0.715. The number of aryl methyl sites for hydroxylation is 2. The predicted molar refractivity (Wildman–Crippen MR) is 123 cm³/mol. The Balaban J connectivity index is 1.59.